The van der Waals surface area contributed by atoms with Crippen molar-refractivity contribution in [2.24, 2.45) is 0 Å². The van der Waals surface area contributed by atoms with Gasteiger partial charge in [-0.1, -0.05) is 36.2 Å². The Morgan fingerprint density at radius 1 is 1.10 bits per heavy atom. The van der Waals surface area contributed by atoms with E-state index in [2.05, 4.69) is 55.7 Å². The average Bonchev–Trinajstić information content (AvgIpc) is 2.62. The molecule has 20 heavy (non-hydrogen) atoms. The van der Waals surface area contributed by atoms with Gasteiger partial charge in [0.25, 0.3) is 0 Å². The van der Waals surface area contributed by atoms with Gasteiger partial charge in [-0.25, -0.2) is 0 Å². The third-order valence-corrected chi connectivity index (χ3v) is 4.25. The van der Waals surface area contributed by atoms with E-state index in [1.807, 2.05) is 6.92 Å². The van der Waals surface area contributed by atoms with Gasteiger partial charge in [0.15, 0.2) is 0 Å². The molecule has 0 N–H and O–H groups in total. The number of aromatic nitrogens is 2. The number of rotatable bonds is 4. The molecule has 0 aliphatic rings. The fourth-order valence-electron chi connectivity index (χ4n) is 2.86. The highest BCUT2D eigenvalue weighted by molar-refractivity contribution is 6.20. The summed E-state index contributed by atoms with van der Waals surface area (Å²) in [6, 6.07) is 6.64. The molecule has 0 spiro atoms. The van der Waals surface area contributed by atoms with E-state index in [0.29, 0.717) is 0 Å². The number of aryl methyl sites for hydroxylation is 3. The lowest BCUT2D eigenvalue weighted by Crippen LogP contribution is -2.05. The Morgan fingerprint density at radius 2 is 1.70 bits per heavy atom. The maximum absolute atomic E-state index is 6.41. The fraction of sp³-hybridized carbons (Fsp3) is 0.471. The van der Waals surface area contributed by atoms with Crippen LogP contribution in [0.25, 0.3) is 0 Å². The van der Waals surface area contributed by atoms with Gasteiger partial charge in [0.2, 0.25) is 0 Å². The molecule has 0 aliphatic carbocycles. The van der Waals surface area contributed by atoms with E-state index in [4.69, 9.17) is 11.6 Å². The maximum Gasteiger partial charge on any atom is 0.0662 e. The molecule has 1 unspecified atom stereocenters. The molecule has 108 valence electrons. The van der Waals surface area contributed by atoms with Gasteiger partial charge in [0.1, 0.15) is 0 Å². The SMILES string of the molecule is CCC(Cl)c1c(C)nn(Cc2cc(C)cc(C)c2)c1C. The largest absolute Gasteiger partial charge is 0.265 e. The average molecular weight is 291 g/mol. The molecule has 2 rings (SSSR count). The van der Waals surface area contributed by atoms with E-state index in [1.54, 1.807) is 0 Å². The normalized spacial score (nSPS) is 12.7. The second kappa shape index (κ2) is 6.01. The topological polar surface area (TPSA) is 17.8 Å². The molecule has 0 aliphatic heterocycles. The Hall–Kier alpha value is -1.28. The van der Waals surface area contributed by atoms with Gasteiger partial charge in [-0.3, -0.25) is 4.68 Å². The van der Waals surface area contributed by atoms with Crippen LogP contribution in [0.1, 0.15) is 52.4 Å². The Labute approximate surface area is 126 Å². The summed E-state index contributed by atoms with van der Waals surface area (Å²) >= 11 is 6.41. The van der Waals surface area contributed by atoms with E-state index in [9.17, 15) is 0 Å². The van der Waals surface area contributed by atoms with Crippen molar-refractivity contribution < 1.29 is 0 Å². The van der Waals surface area contributed by atoms with Crippen molar-refractivity contribution in [2.75, 3.05) is 0 Å². The molecule has 0 fully saturated rings. The Bertz CT molecular complexity index is 593. The van der Waals surface area contributed by atoms with E-state index in [-0.39, 0.29) is 5.38 Å². The minimum Gasteiger partial charge on any atom is -0.265 e. The molecule has 2 aromatic rings. The standard InChI is InChI=1S/C17H23ClN2/c1-6-16(18)17-13(4)19-20(14(17)5)10-15-8-11(2)7-12(3)9-15/h7-9,16H,6,10H2,1-5H3. The molecule has 1 aromatic heterocycles. The van der Waals surface area contributed by atoms with Crippen LogP contribution in [-0.4, -0.2) is 9.78 Å². The highest BCUT2D eigenvalue weighted by Crippen LogP contribution is 2.29. The maximum atomic E-state index is 6.41. The smallest absolute Gasteiger partial charge is 0.0662 e. The summed E-state index contributed by atoms with van der Waals surface area (Å²) in [5, 5.41) is 4.72. The van der Waals surface area contributed by atoms with Gasteiger partial charge in [0, 0.05) is 11.3 Å². The molecule has 0 saturated heterocycles. The molecule has 0 bridgehead atoms. The highest BCUT2D eigenvalue weighted by Gasteiger charge is 2.17. The van der Waals surface area contributed by atoms with Crippen molar-refractivity contribution in [1.29, 1.82) is 0 Å². The van der Waals surface area contributed by atoms with Crippen LogP contribution < -0.4 is 0 Å². The predicted molar refractivity (Wildman–Crippen MR) is 85.6 cm³/mol. The molecule has 3 heteroatoms. The first kappa shape index (κ1) is 15.1. The van der Waals surface area contributed by atoms with Crippen LogP contribution in [0.2, 0.25) is 0 Å². The van der Waals surface area contributed by atoms with Crippen molar-refractivity contribution in [2.45, 2.75) is 53.0 Å². The number of hydrogen-bond donors (Lipinski definition) is 0. The van der Waals surface area contributed by atoms with Crippen LogP contribution in [0.15, 0.2) is 18.2 Å². The van der Waals surface area contributed by atoms with Gasteiger partial charge in [-0.15, -0.1) is 11.6 Å². The Morgan fingerprint density at radius 3 is 2.25 bits per heavy atom. The molecule has 0 saturated carbocycles. The second-order valence-electron chi connectivity index (χ2n) is 5.61. The number of halogens is 1. The van der Waals surface area contributed by atoms with E-state index < -0.39 is 0 Å². The predicted octanol–water partition coefficient (Wildman–Crippen LogP) is 4.85. The summed E-state index contributed by atoms with van der Waals surface area (Å²) in [7, 11) is 0. The Balaban J connectivity index is 2.35. The van der Waals surface area contributed by atoms with Gasteiger partial charge < -0.3 is 0 Å². The van der Waals surface area contributed by atoms with Crippen LogP contribution >= 0.6 is 11.6 Å². The summed E-state index contributed by atoms with van der Waals surface area (Å²) in [5.74, 6) is 0. The first-order valence-electron chi connectivity index (χ1n) is 7.17. The first-order chi connectivity index (χ1) is 9.42. The lowest BCUT2D eigenvalue weighted by Gasteiger charge is -2.09. The quantitative estimate of drug-likeness (QED) is 0.736. The van der Waals surface area contributed by atoms with Crippen LogP contribution in [0, 0.1) is 27.7 Å². The van der Waals surface area contributed by atoms with Crippen LogP contribution in [0.3, 0.4) is 0 Å². The summed E-state index contributed by atoms with van der Waals surface area (Å²) in [4.78, 5) is 0. The third-order valence-electron chi connectivity index (χ3n) is 3.72. The van der Waals surface area contributed by atoms with Crippen molar-refractivity contribution in [1.82, 2.24) is 9.78 Å². The molecule has 2 nitrogen and oxygen atoms in total. The molecular formula is C17H23ClN2. The molecule has 1 atom stereocenters. The van der Waals surface area contributed by atoms with Crippen LogP contribution in [0.5, 0.6) is 0 Å². The summed E-state index contributed by atoms with van der Waals surface area (Å²) < 4.78 is 2.07. The van der Waals surface area contributed by atoms with Gasteiger partial charge in [-0.05, 0) is 39.7 Å². The van der Waals surface area contributed by atoms with Gasteiger partial charge >= 0.3 is 0 Å². The summed E-state index contributed by atoms with van der Waals surface area (Å²) in [6.45, 7) is 11.3. The highest BCUT2D eigenvalue weighted by atomic mass is 35.5. The van der Waals surface area contributed by atoms with Gasteiger partial charge in [-0.2, -0.15) is 5.10 Å². The lowest BCUT2D eigenvalue weighted by molar-refractivity contribution is 0.657. The number of nitrogens with zero attached hydrogens (tertiary/aromatic N) is 2. The van der Waals surface area contributed by atoms with Gasteiger partial charge in [0.05, 0.1) is 17.6 Å². The van der Waals surface area contributed by atoms with Crippen LogP contribution in [-0.2, 0) is 6.54 Å². The van der Waals surface area contributed by atoms with E-state index >= 15 is 0 Å². The molecule has 0 amide bonds. The van der Waals surface area contributed by atoms with Crippen molar-refractivity contribution in [3.05, 3.63) is 51.8 Å². The molecule has 1 aromatic carbocycles. The third kappa shape index (κ3) is 3.06. The van der Waals surface area contributed by atoms with Crippen molar-refractivity contribution in [3.63, 3.8) is 0 Å². The zero-order valence-corrected chi connectivity index (χ0v) is 13.8. The minimum atomic E-state index is 0.0583. The second-order valence-corrected chi connectivity index (χ2v) is 6.14. The molecular weight excluding hydrogens is 268 g/mol. The summed E-state index contributed by atoms with van der Waals surface area (Å²) in [5.41, 5.74) is 7.31. The summed E-state index contributed by atoms with van der Waals surface area (Å²) in [6.07, 6.45) is 0.929. The van der Waals surface area contributed by atoms with Crippen molar-refractivity contribution in [3.8, 4) is 0 Å². The first-order valence-corrected chi connectivity index (χ1v) is 7.61. The monoisotopic (exact) mass is 290 g/mol. The van der Waals surface area contributed by atoms with E-state index in [0.717, 1.165) is 18.7 Å². The molecule has 1 heterocycles. The Kier molecular flexibility index (Phi) is 4.54. The number of alkyl halides is 1. The lowest BCUT2D eigenvalue weighted by atomic mass is 10.1. The number of hydrogen-bond acceptors (Lipinski definition) is 1. The van der Waals surface area contributed by atoms with Crippen LogP contribution in [0.4, 0.5) is 0 Å². The van der Waals surface area contributed by atoms with E-state index in [1.165, 1.54) is 27.9 Å². The molecule has 0 radical (unpaired) electrons. The van der Waals surface area contributed by atoms with Crippen molar-refractivity contribution >= 4 is 11.6 Å². The minimum absolute atomic E-state index is 0.0583. The fourth-order valence-corrected chi connectivity index (χ4v) is 3.17. The zero-order valence-electron chi connectivity index (χ0n) is 13.0. The number of benzene rings is 1. The zero-order chi connectivity index (χ0) is 14.9.